The lowest BCUT2D eigenvalue weighted by atomic mass is 10.2. The van der Waals surface area contributed by atoms with Crippen LogP contribution in [-0.4, -0.2) is 12.5 Å². The number of benzene rings is 2. The fourth-order valence-electron chi connectivity index (χ4n) is 1.70. The Morgan fingerprint density at radius 3 is 2.60 bits per heavy atom. The molecule has 0 bridgehead atoms. The molecule has 0 aliphatic rings. The largest absolute Gasteiger partial charge is 0.376 e. The van der Waals surface area contributed by atoms with Crippen LogP contribution in [0.2, 0.25) is 5.02 Å². The molecule has 0 aliphatic carbocycles. The van der Waals surface area contributed by atoms with Crippen LogP contribution in [0.25, 0.3) is 0 Å². The van der Waals surface area contributed by atoms with Gasteiger partial charge in [-0.25, -0.2) is 0 Å². The number of nitrogens with one attached hydrogen (secondary N) is 2. The molecule has 2 rings (SSSR count). The summed E-state index contributed by atoms with van der Waals surface area (Å²) in [6, 6.07) is 13.2. The van der Waals surface area contributed by atoms with Gasteiger partial charge >= 0.3 is 0 Å². The topological polar surface area (TPSA) is 41.1 Å². The summed E-state index contributed by atoms with van der Waals surface area (Å²) in [6.07, 6.45) is 0. The SMILES string of the molecule is Cc1ccc(Cl)cc1NCC(=O)Nc1ccc(I)cc1. The molecule has 0 atom stereocenters. The highest BCUT2D eigenvalue weighted by Gasteiger charge is 2.04. The molecule has 0 saturated heterocycles. The summed E-state index contributed by atoms with van der Waals surface area (Å²) in [7, 11) is 0. The number of halogens is 2. The molecule has 5 heteroatoms. The molecule has 0 aliphatic heterocycles. The first-order valence-electron chi connectivity index (χ1n) is 6.10. The van der Waals surface area contributed by atoms with Crippen LogP contribution in [0.1, 0.15) is 5.56 Å². The van der Waals surface area contributed by atoms with Gasteiger partial charge in [-0.3, -0.25) is 4.79 Å². The minimum absolute atomic E-state index is 0.0921. The molecular formula is C15H14ClIN2O. The molecule has 0 fully saturated rings. The van der Waals surface area contributed by atoms with Gasteiger partial charge in [0.1, 0.15) is 0 Å². The first-order chi connectivity index (χ1) is 9.54. The molecule has 0 unspecified atom stereocenters. The molecule has 0 heterocycles. The van der Waals surface area contributed by atoms with Crippen molar-refractivity contribution in [1.82, 2.24) is 0 Å². The van der Waals surface area contributed by atoms with E-state index in [4.69, 9.17) is 11.6 Å². The fraction of sp³-hybridized carbons (Fsp3) is 0.133. The number of hydrogen-bond donors (Lipinski definition) is 2. The summed E-state index contributed by atoms with van der Waals surface area (Å²) >= 11 is 8.16. The van der Waals surface area contributed by atoms with Crippen molar-refractivity contribution in [3.8, 4) is 0 Å². The summed E-state index contributed by atoms with van der Waals surface area (Å²) in [5.41, 5.74) is 2.71. The van der Waals surface area contributed by atoms with Crippen molar-refractivity contribution < 1.29 is 4.79 Å². The molecular weight excluding hydrogens is 387 g/mol. The third kappa shape index (κ3) is 4.38. The summed E-state index contributed by atoms with van der Waals surface area (Å²) in [5.74, 6) is -0.0921. The Labute approximate surface area is 136 Å². The maximum Gasteiger partial charge on any atom is 0.243 e. The number of carbonyl (C=O) groups excluding carboxylic acids is 1. The van der Waals surface area contributed by atoms with Crippen LogP contribution in [-0.2, 0) is 4.79 Å². The maximum atomic E-state index is 11.9. The van der Waals surface area contributed by atoms with Crippen LogP contribution in [0.15, 0.2) is 42.5 Å². The van der Waals surface area contributed by atoms with Crippen LogP contribution in [0.5, 0.6) is 0 Å². The van der Waals surface area contributed by atoms with Gasteiger partial charge in [-0.15, -0.1) is 0 Å². The Bertz CT molecular complexity index is 614. The third-order valence-electron chi connectivity index (χ3n) is 2.77. The van der Waals surface area contributed by atoms with E-state index in [1.54, 1.807) is 0 Å². The summed E-state index contributed by atoms with van der Waals surface area (Å²) in [6.45, 7) is 2.17. The number of hydrogen-bond acceptors (Lipinski definition) is 2. The molecule has 0 aromatic heterocycles. The predicted molar refractivity (Wildman–Crippen MR) is 92.5 cm³/mol. The van der Waals surface area contributed by atoms with Crippen molar-refractivity contribution in [1.29, 1.82) is 0 Å². The van der Waals surface area contributed by atoms with Gasteiger partial charge in [0, 0.05) is 20.0 Å². The minimum Gasteiger partial charge on any atom is -0.376 e. The number of rotatable bonds is 4. The van der Waals surface area contributed by atoms with Crippen LogP contribution in [0.4, 0.5) is 11.4 Å². The zero-order valence-electron chi connectivity index (χ0n) is 10.9. The standard InChI is InChI=1S/C15H14ClIN2O/c1-10-2-3-11(16)8-14(10)18-9-15(20)19-13-6-4-12(17)5-7-13/h2-8,18H,9H2,1H3,(H,19,20). The summed E-state index contributed by atoms with van der Waals surface area (Å²) < 4.78 is 1.13. The Kier molecular flexibility index (Phi) is 5.25. The number of carbonyl (C=O) groups is 1. The van der Waals surface area contributed by atoms with Gasteiger partial charge in [0.05, 0.1) is 6.54 Å². The van der Waals surface area contributed by atoms with E-state index < -0.39 is 0 Å². The van der Waals surface area contributed by atoms with Gasteiger partial charge < -0.3 is 10.6 Å². The van der Waals surface area contributed by atoms with E-state index in [9.17, 15) is 4.79 Å². The molecule has 0 saturated carbocycles. The Balaban J connectivity index is 1.92. The monoisotopic (exact) mass is 400 g/mol. The van der Waals surface area contributed by atoms with Crippen LogP contribution >= 0.6 is 34.2 Å². The Morgan fingerprint density at radius 2 is 1.90 bits per heavy atom. The second-order valence-electron chi connectivity index (χ2n) is 4.37. The van der Waals surface area contributed by atoms with Crippen molar-refractivity contribution >= 4 is 51.5 Å². The highest BCUT2D eigenvalue weighted by molar-refractivity contribution is 14.1. The first-order valence-corrected chi connectivity index (χ1v) is 7.56. The molecule has 0 radical (unpaired) electrons. The van der Waals surface area contributed by atoms with E-state index in [-0.39, 0.29) is 12.5 Å². The number of amides is 1. The maximum absolute atomic E-state index is 11.9. The third-order valence-corrected chi connectivity index (χ3v) is 3.72. The summed E-state index contributed by atoms with van der Waals surface area (Å²) in [4.78, 5) is 11.9. The van der Waals surface area contributed by atoms with Crippen LogP contribution < -0.4 is 10.6 Å². The lowest BCUT2D eigenvalue weighted by molar-refractivity contribution is -0.114. The van der Waals surface area contributed by atoms with E-state index in [1.165, 1.54) is 0 Å². The van der Waals surface area contributed by atoms with Gasteiger partial charge in [-0.2, -0.15) is 0 Å². The molecule has 104 valence electrons. The number of anilines is 2. The van der Waals surface area contributed by atoms with Gasteiger partial charge in [0.25, 0.3) is 0 Å². The normalized spacial score (nSPS) is 10.2. The van der Waals surface area contributed by atoms with Gasteiger partial charge in [0.15, 0.2) is 0 Å². The molecule has 20 heavy (non-hydrogen) atoms. The van der Waals surface area contributed by atoms with E-state index in [0.717, 1.165) is 20.5 Å². The lowest BCUT2D eigenvalue weighted by Gasteiger charge is -2.10. The van der Waals surface area contributed by atoms with Crippen LogP contribution in [0.3, 0.4) is 0 Å². The molecule has 0 spiro atoms. The molecule has 2 aromatic carbocycles. The van der Waals surface area contributed by atoms with E-state index >= 15 is 0 Å². The first kappa shape index (κ1) is 15.1. The van der Waals surface area contributed by atoms with Crippen molar-refractivity contribution in [2.45, 2.75) is 6.92 Å². The second kappa shape index (κ2) is 6.95. The van der Waals surface area contributed by atoms with Crippen LogP contribution in [0, 0.1) is 10.5 Å². The van der Waals surface area contributed by atoms with Crippen molar-refractivity contribution in [2.24, 2.45) is 0 Å². The van der Waals surface area contributed by atoms with Gasteiger partial charge in [-0.1, -0.05) is 17.7 Å². The Morgan fingerprint density at radius 1 is 1.20 bits per heavy atom. The average Bonchev–Trinajstić information content (AvgIpc) is 2.42. The second-order valence-corrected chi connectivity index (χ2v) is 6.05. The zero-order valence-corrected chi connectivity index (χ0v) is 13.8. The zero-order chi connectivity index (χ0) is 14.5. The Hall–Kier alpha value is -1.27. The molecule has 2 aromatic rings. The summed E-state index contributed by atoms with van der Waals surface area (Å²) in [5, 5.41) is 6.57. The molecule has 2 N–H and O–H groups in total. The molecule has 1 amide bonds. The fourth-order valence-corrected chi connectivity index (χ4v) is 2.23. The van der Waals surface area contributed by atoms with E-state index in [1.807, 2.05) is 49.4 Å². The minimum atomic E-state index is -0.0921. The predicted octanol–water partition coefficient (Wildman–Crippen LogP) is 4.30. The lowest BCUT2D eigenvalue weighted by Crippen LogP contribution is -2.22. The van der Waals surface area contributed by atoms with E-state index in [0.29, 0.717) is 5.02 Å². The van der Waals surface area contributed by atoms with Gasteiger partial charge in [-0.05, 0) is 71.5 Å². The van der Waals surface area contributed by atoms with Crippen molar-refractivity contribution in [3.05, 3.63) is 56.6 Å². The average molecular weight is 401 g/mol. The van der Waals surface area contributed by atoms with Crippen molar-refractivity contribution in [2.75, 3.05) is 17.2 Å². The smallest absolute Gasteiger partial charge is 0.243 e. The quantitative estimate of drug-likeness (QED) is 0.751. The highest BCUT2D eigenvalue weighted by Crippen LogP contribution is 2.20. The van der Waals surface area contributed by atoms with E-state index in [2.05, 4.69) is 33.2 Å². The van der Waals surface area contributed by atoms with Gasteiger partial charge in [0.2, 0.25) is 5.91 Å². The highest BCUT2D eigenvalue weighted by atomic mass is 127. The van der Waals surface area contributed by atoms with Crippen molar-refractivity contribution in [3.63, 3.8) is 0 Å². The number of aryl methyl sites for hydroxylation is 1. The molecule has 3 nitrogen and oxygen atoms in total.